The van der Waals surface area contributed by atoms with Gasteiger partial charge < -0.3 is 14.2 Å². The standard InChI is InChI=1S/C33H50O6/c1-20-10-15-32(27(36)37-9)17-16-28(3,4)18-22(32)26(20)23(35)19-33-30(7)13-12-25(38-21(2)34)29(5,6)24(30)11-14-31(33,8)39-33/h22,24-25H,10-19H2,1-9H3/t22-,24-,25-,30-,31-,32+,33+/m0/s1. The van der Waals surface area contributed by atoms with Crippen LogP contribution < -0.4 is 0 Å². The number of hydrogen-bond acceptors (Lipinski definition) is 6. The second kappa shape index (κ2) is 8.90. The minimum atomic E-state index is -0.608. The summed E-state index contributed by atoms with van der Waals surface area (Å²) >= 11 is 0. The number of fused-ring (bicyclic) bond motifs is 4. The Morgan fingerprint density at radius 3 is 2.28 bits per heavy atom. The van der Waals surface area contributed by atoms with Crippen LogP contribution in [0.1, 0.15) is 120 Å². The first kappa shape index (κ1) is 28.8. The summed E-state index contributed by atoms with van der Waals surface area (Å²) < 4.78 is 18.0. The van der Waals surface area contributed by atoms with Crippen molar-refractivity contribution in [3.63, 3.8) is 0 Å². The molecule has 1 aliphatic heterocycles. The van der Waals surface area contributed by atoms with Crippen molar-refractivity contribution in [1.82, 2.24) is 0 Å². The van der Waals surface area contributed by atoms with Gasteiger partial charge in [-0.1, -0.05) is 40.2 Å². The Labute approximate surface area is 235 Å². The first-order chi connectivity index (χ1) is 18.0. The van der Waals surface area contributed by atoms with Crippen LogP contribution in [0, 0.1) is 33.5 Å². The smallest absolute Gasteiger partial charge is 0.312 e. The summed E-state index contributed by atoms with van der Waals surface area (Å²) in [6.07, 6.45) is 7.83. The third-order valence-corrected chi connectivity index (χ3v) is 12.5. The van der Waals surface area contributed by atoms with E-state index < -0.39 is 11.0 Å². The summed E-state index contributed by atoms with van der Waals surface area (Å²) in [7, 11) is 1.49. The first-order valence-corrected chi connectivity index (χ1v) is 15.2. The molecule has 0 aromatic carbocycles. The molecule has 5 aliphatic rings. The van der Waals surface area contributed by atoms with Crippen molar-refractivity contribution in [1.29, 1.82) is 0 Å². The molecule has 0 amide bonds. The molecule has 3 saturated carbocycles. The molecule has 0 radical (unpaired) electrons. The molecule has 6 heteroatoms. The van der Waals surface area contributed by atoms with Crippen LogP contribution in [0.15, 0.2) is 11.1 Å². The van der Waals surface area contributed by atoms with Crippen molar-refractivity contribution in [2.24, 2.45) is 33.5 Å². The molecule has 0 spiro atoms. The minimum Gasteiger partial charge on any atom is -0.469 e. The highest BCUT2D eigenvalue weighted by atomic mass is 16.6. The zero-order valence-electron chi connectivity index (χ0n) is 25.8. The predicted octanol–water partition coefficient (Wildman–Crippen LogP) is 6.74. The second-order valence-corrected chi connectivity index (χ2v) is 15.5. The number of carbonyl (C=O) groups is 3. The monoisotopic (exact) mass is 542 g/mol. The Morgan fingerprint density at radius 2 is 1.64 bits per heavy atom. The number of ketones is 1. The highest BCUT2D eigenvalue weighted by Gasteiger charge is 2.80. The molecule has 7 atom stereocenters. The Morgan fingerprint density at radius 1 is 0.949 bits per heavy atom. The normalized spacial score (nSPS) is 43.9. The van der Waals surface area contributed by atoms with E-state index in [0.29, 0.717) is 6.42 Å². The lowest BCUT2D eigenvalue weighted by Gasteiger charge is -2.59. The summed E-state index contributed by atoms with van der Waals surface area (Å²) in [5.41, 5.74) is 0.189. The molecule has 4 aliphatic carbocycles. The number of ether oxygens (including phenoxy) is 3. The van der Waals surface area contributed by atoms with E-state index in [2.05, 4.69) is 48.5 Å². The van der Waals surface area contributed by atoms with Crippen molar-refractivity contribution in [3.8, 4) is 0 Å². The van der Waals surface area contributed by atoms with E-state index in [-0.39, 0.29) is 57.5 Å². The molecule has 6 nitrogen and oxygen atoms in total. The van der Waals surface area contributed by atoms with Crippen LogP contribution in [0.25, 0.3) is 0 Å². The zero-order valence-corrected chi connectivity index (χ0v) is 25.8. The molecule has 1 heterocycles. The minimum absolute atomic E-state index is 0.0647. The van der Waals surface area contributed by atoms with E-state index in [9.17, 15) is 14.4 Å². The lowest BCUT2D eigenvalue weighted by atomic mass is 9.45. The van der Waals surface area contributed by atoms with Gasteiger partial charge in [0.2, 0.25) is 0 Å². The molecular formula is C33H50O6. The third-order valence-electron chi connectivity index (χ3n) is 12.5. The van der Waals surface area contributed by atoms with Crippen LogP contribution in [0.3, 0.4) is 0 Å². The van der Waals surface area contributed by atoms with Crippen LogP contribution in [-0.4, -0.2) is 42.1 Å². The fourth-order valence-electron chi connectivity index (χ4n) is 10.2. The number of Topliss-reactive ketones (excluding diaryl/α,β-unsaturated/α-hetero) is 1. The highest BCUT2D eigenvalue weighted by Crippen LogP contribution is 2.74. The lowest BCUT2D eigenvalue weighted by molar-refractivity contribution is -0.177. The van der Waals surface area contributed by atoms with E-state index >= 15 is 0 Å². The Bertz CT molecular complexity index is 1120. The maximum atomic E-state index is 14.6. The number of esters is 2. The maximum absolute atomic E-state index is 14.6. The number of methoxy groups -OCH3 is 1. The van der Waals surface area contributed by atoms with Gasteiger partial charge in [-0.15, -0.1) is 0 Å². The van der Waals surface area contributed by atoms with Crippen LogP contribution in [-0.2, 0) is 28.6 Å². The van der Waals surface area contributed by atoms with E-state index in [1.165, 1.54) is 14.0 Å². The van der Waals surface area contributed by atoms with Gasteiger partial charge in [0.25, 0.3) is 0 Å². The van der Waals surface area contributed by atoms with E-state index in [1.807, 2.05) is 0 Å². The van der Waals surface area contributed by atoms with Crippen LogP contribution in [0.4, 0.5) is 0 Å². The summed E-state index contributed by atoms with van der Waals surface area (Å²) in [5.74, 6) is -0.0557. The number of allylic oxidation sites excluding steroid dienone is 2. The van der Waals surface area contributed by atoms with Gasteiger partial charge in [-0.2, -0.15) is 0 Å². The Balaban J connectivity index is 1.50. The van der Waals surface area contributed by atoms with Crippen molar-refractivity contribution < 1.29 is 28.6 Å². The van der Waals surface area contributed by atoms with E-state index in [4.69, 9.17) is 14.2 Å². The van der Waals surface area contributed by atoms with Gasteiger partial charge in [-0.3, -0.25) is 14.4 Å². The summed E-state index contributed by atoms with van der Waals surface area (Å²) in [6.45, 7) is 17.1. The molecule has 4 fully saturated rings. The molecule has 5 rings (SSSR count). The average molecular weight is 543 g/mol. The van der Waals surface area contributed by atoms with Crippen LogP contribution >= 0.6 is 0 Å². The Kier molecular flexibility index (Phi) is 6.58. The third kappa shape index (κ3) is 4.00. The van der Waals surface area contributed by atoms with Crippen molar-refractivity contribution in [2.75, 3.05) is 7.11 Å². The molecule has 0 aromatic rings. The van der Waals surface area contributed by atoms with Gasteiger partial charge in [0.1, 0.15) is 11.7 Å². The number of epoxide rings is 1. The first-order valence-electron chi connectivity index (χ1n) is 15.2. The summed E-state index contributed by atoms with van der Waals surface area (Å²) in [5, 5.41) is 0. The fraction of sp³-hybridized carbons (Fsp3) is 0.848. The van der Waals surface area contributed by atoms with Crippen molar-refractivity contribution in [2.45, 2.75) is 137 Å². The molecular weight excluding hydrogens is 492 g/mol. The van der Waals surface area contributed by atoms with Crippen molar-refractivity contribution >= 4 is 17.7 Å². The van der Waals surface area contributed by atoms with Crippen LogP contribution in [0.5, 0.6) is 0 Å². The van der Waals surface area contributed by atoms with E-state index in [0.717, 1.165) is 68.9 Å². The van der Waals surface area contributed by atoms with Gasteiger partial charge in [-0.05, 0) is 88.5 Å². The topological polar surface area (TPSA) is 82.2 Å². The number of carbonyl (C=O) groups excluding carboxylic acids is 3. The average Bonchev–Trinajstić information content (AvgIpc) is 3.45. The van der Waals surface area contributed by atoms with Gasteiger partial charge >= 0.3 is 11.9 Å². The summed E-state index contributed by atoms with van der Waals surface area (Å²) in [4.78, 5) is 39.8. The molecule has 0 aromatic heterocycles. The largest absolute Gasteiger partial charge is 0.469 e. The van der Waals surface area contributed by atoms with Crippen LogP contribution in [0.2, 0.25) is 0 Å². The fourth-order valence-corrected chi connectivity index (χ4v) is 10.2. The lowest BCUT2D eigenvalue weighted by Crippen LogP contribution is -2.61. The molecule has 39 heavy (non-hydrogen) atoms. The van der Waals surface area contributed by atoms with Crippen molar-refractivity contribution in [3.05, 3.63) is 11.1 Å². The van der Waals surface area contributed by atoms with E-state index in [1.54, 1.807) is 0 Å². The van der Waals surface area contributed by atoms with Gasteiger partial charge in [-0.25, -0.2) is 0 Å². The van der Waals surface area contributed by atoms with Gasteiger partial charge in [0, 0.05) is 30.1 Å². The maximum Gasteiger partial charge on any atom is 0.312 e. The molecule has 218 valence electrons. The van der Waals surface area contributed by atoms with Gasteiger partial charge in [0.15, 0.2) is 5.78 Å². The summed E-state index contributed by atoms with van der Waals surface area (Å²) in [6, 6.07) is 0. The number of rotatable bonds is 5. The predicted molar refractivity (Wildman–Crippen MR) is 149 cm³/mol. The molecule has 0 unspecified atom stereocenters. The van der Waals surface area contributed by atoms with Gasteiger partial charge in [0.05, 0.1) is 18.1 Å². The molecule has 0 bridgehead atoms. The highest BCUT2D eigenvalue weighted by molar-refractivity contribution is 5.99. The number of hydrogen-bond donors (Lipinski definition) is 0. The quantitative estimate of drug-likeness (QED) is 0.283. The zero-order chi connectivity index (χ0) is 28.8. The molecule has 1 saturated heterocycles. The second-order valence-electron chi connectivity index (χ2n) is 15.5. The molecule has 0 N–H and O–H groups in total. The SMILES string of the molecule is COC(=O)[C@@]12CCC(C)=C(C(=O)C[C@]34O[C@@]3(C)CC[C@H]3C(C)(C)[C@@H](OC(C)=O)CC[C@@]34C)[C@@H]1CC(C)(C)CC2. The Hall–Kier alpha value is -1.69.